The van der Waals surface area contributed by atoms with Crippen LogP contribution >= 0.6 is 11.8 Å². The molecule has 0 aromatic heterocycles. The molecule has 1 aromatic rings. The van der Waals surface area contributed by atoms with Crippen molar-refractivity contribution >= 4 is 29.3 Å². The molecule has 6 nitrogen and oxygen atoms in total. The number of benzene rings is 1. The number of nitrogens with one attached hydrogen (secondary N) is 1. The predicted molar refractivity (Wildman–Crippen MR) is 95.4 cm³/mol. The smallest absolute Gasteiger partial charge is 0.239 e. The summed E-state index contributed by atoms with van der Waals surface area (Å²) in [5.74, 6) is 2.40. The topological polar surface area (TPSA) is 61.9 Å². The zero-order valence-electron chi connectivity index (χ0n) is 13.9. The van der Waals surface area contributed by atoms with E-state index in [2.05, 4.69) is 16.3 Å². The monoisotopic (exact) mass is 349 g/mol. The summed E-state index contributed by atoms with van der Waals surface area (Å²) in [6, 6.07) is 8.06. The lowest BCUT2D eigenvalue weighted by Gasteiger charge is -2.20. The molecule has 2 amide bonds. The van der Waals surface area contributed by atoms with Crippen LogP contribution in [0, 0.1) is 5.92 Å². The molecule has 2 heterocycles. The van der Waals surface area contributed by atoms with Crippen LogP contribution in [0.3, 0.4) is 0 Å². The molecule has 1 unspecified atom stereocenters. The van der Waals surface area contributed by atoms with Gasteiger partial charge in [0.25, 0.3) is 0 Å². The van der Waals surface area contributed by atoms with Gasteiger partial charge < -0.3 is 19.9 Å². The quantitative estimate of drug-likeness (QED) is 0.835. The SMILES string of the molecule is COc1cccc(N2CCC(CNC(=O)CN3CSCC3=O)C2)c1. The van der Waals surface area contributed by atoms with Crippen molar-refractivity contribution in [2.45, 2.75) is 6.42 Å². The Morgan fingerprint density at radius 1 is 1.46 bits per heavy atom. The zero-order valence-corrected chi connectivity index (χ0v) is 14.7. The lowest BCUT2D eigenvalue weighted by atomic mass is 10.1. The number of thioether (sulfide) groups is 1. The molecule has 0 saturated carbocycles. The van der Waals surface area contributed by atoms with Gasteiger partial charge in [0, 0.05) is 31.4 Å². The van der Waals surface area contributed by atoms with Gasteiger partial charge in [0.15, 0.2) is 0 Å². The minimum absolute atomic E-state index is 0.0558. The fourth-order valence-electron chi connectivity index (χ4n) is 3.07. The number of rotatable bonds is 6. The first-order chi connectivity index (χ1) is 11.7. The van der Waals surface area contributed by atoms with Crippen molar-refractivity contribution in [3.63, 3.8) is 0 Å². The Morgan fingerprint density at radius 2 is 2.33 bits per heavy atom. The standard InChI is InChI=1S/C17H23N3O3S/c1-23-15-4-2-3-14(7-15)19-6-5-13(9-19)8-18-16(21)10-20-12-24-11-17(20)22/h2-4,7,13H,5-6,8-12H2,1H3,(H,18,21). The summed E-state index contributed by atoms with van der Waals surface area (Å²) in [5.41, 5.74) is 1.16. The zero-order chi connectivity index (χ0) is 16.9. The first-order valence-electron chi connectivity index (χ1n) is 8.17. The second-order valence-electron chi connectivity index (χ2n) is 6.18. The summed E-state index contributed by atoms with van der Waals surface area (Å²) in [4.78, 5) is 27.5. The minimum atomic E-state index is -0.0642. The lowest BCUT2D eigenvalue weighted by molar-refractivity contribution is -0.132. The Labute approximate surface area is 146 Å². The van der Waals surface area contributed by atoms with E-state index in [9.17, 15) is 9.59 Å². The molecule has 1 atom stereocenters. The number of ether oxygens (including phenoxy) is 1. The predicted octanol–water partition coefficient (Wildman–Crippen LogP) is 1.17. The van der Waals surface area contributed by atoms with Gasteiger partial charge in [-0.25, -0.2) is 0 Å². The Bertz CT molecular complexity index is 610. The number of nitrogens with zero attached hydrogens (tertiary/aromatic N) is 2. The van der Waals surface area contributed by atoms with Crippen LogP contribution < -0.4 is 15.0 Å². The molecule has 0 bridgehead atoms. The fourth-order valence-corrected chi connectivity index (χ4v) is 3.97. The normalized spacial score (nSPS) is 20.5. The summed E-state index contributed by atoms with van der Waals surface area (Å²) in [6.07, 6.45) is 1.05. The maximum Gasteiger partial charge on any atom is 0.239 e. The summed E-state index contributed by atoms with van der Waals surface area (Å²) in [7, 11) is 1.67. The largest absolute Gasteiger partial charge is 0.497 e. The van der Waals surface area contributed by atoms with Crippen molar-refractivity contribution in [3.8, 4) is 5.75 Å². The van der Waals surface area contributed by atoms with Gasteiger partial charge in [0.05, 0.1) is 18.7 Å². The van der Waals surface area contributed by atoms with Gasteiger partial charge >= 0.3 is 0 Å². The van der Waals surface area contributed by atoms with Crippen LogP contribution in [-0.2, 0) is 9.59 Å². The first kappa shape index (κ1) is 17.0. The van der Waals surface area contributed by atoms with Gasteiger partial charge in [0.1, 0.15) is 12.3 Å². The van der Waals surface area contributed by atoms with Crippen molar-refractivity contribution in [3.05, 3.63) is 24.3 Å². The van der Waals surface area contributed by atoms with E-state index in [1.54, 1.807) is 23.8 Å². The van der Waals surface area contributed by atoms with Crippen LogP contribution in [0.2, 0.25) is 0 Å². The molecule has 0 spiro atoms. The molecular weight excluding hydrogens is 326 g/mol. The summed E-state index contributed by atoms with van der Waals surface area (Å²) >= 11 is 1.56. The Kier molecular flexibility index (Phi) is 5.50. The number of hydrogen-bond donors (Lipinski definition) is 1. The molecule has 2 fully saturated rings. The minimum Gasteiger partial charge on any atom is -0.497 e. The van der Waals surface area contributed by atoms with E-state index in [-0.39, 0.29) is 18.4 Å². The molecule has 2 aliphatic heterocycles. The van der Waals surface area contributed by atoms with Crippen LogP contribution in [0.4, 0.5) is 5.69 Å². The summed E-state index contributed by atoms with van der Waals surface area (Å²) in [6.45, 7) is 2.74. The van der Waals surface area contributed by atoms with Crippen molar-refractivity contribution in [2.24, 2.45) is 5.92 Å². The highest BCUT2D eigenvalue weighted by molar-refractivity contribution is 8.00. The van der Waals surface area contributed by atoms with E-state index < -0.39 is 0 Å². The maximum absolute atomic E-state index is 12.0. The van der Waals surface area contributed by atoms with E-state index in [0.29, 0.717) is 24.1 Å². The van der Waals surface area contributed by atoms with Crippen LogP contribution in [0.25, 0.3) is 0 Å². The number of anilines is 1. The Morgan fingerprint density at radius 3 is 3.08 bits per heavy atom. The number of amides is 2. The van der Waals surface area contributed by atoms with Crippen molar-refractivity contribution < 1.29 is 14.3 Å². The fraction of sp³-hybridized carbons (Fsp3) is 0.529. The van der Waals surface area contributed by atoms with Crippen LogP contribution in [0.1, 0.15) is 6.42 Å². The second kappa shape index (κ2) is 7.79. The average molecular weight is 349 g/mol. The van der Waals surface area contributed by atoms with Crippen molar-refractivity contribution in [2.75, 3.05) is 49.8 Å². The molecule has 130 valence electrons. The second-order valence-corrected chi connectivity index (χ2v) is 7.13. The molecule has 2 aliphatic rings. The van der Waals surface area contributed by atoms with Crippen LogP contribution in [-0.4, -0.2) is 61.6 Å². The Balaban J connectivity index is 1.44. The molecule has 3 rings (SSSR count). The molecule has 0 aliphatic carbocycles. The van der Waals surface area contributed by atoms with Crippen LogP contribution in [0.15, 0.2) is 24.3 Å². The lowest BCUT2D eigenvalue weighted by Crippen LogP contribution is -2.40. The van der Waals surface area contributed by atoms with Crippen molar-refractivity contribution in [1.82, 2.24) is 10.2 Å². The number of carbonyl (C=O) groups excluding carboxylic acids is 2. The molecule has 2 saturated heterocycles. The van der Waals surface area contributed by atoms with Gasteiger partial charge in [-0.05, 0) is 24.5 Å². The Hall–Kier alpha value is -1.89. The van der Waals surface area contributed by atoms with Gasteiger partial charge in [-0.2, -0.15) is 0 Å². The molecule has 7 heteroatoms. The van der Waals surface area contributed by atoms with Gasteiger partial charge in [-0.15, -0.1) is 11.8 Å². The van der Waals surface area contributed by atoms with Crippen molar-refractivity contribution in [1.29, 1.82) is 0 Å². The van der Waals surface area contributed by atoms with Gasteiger partial charge in [-0.3, -0.25) is 9.59 Å². The van der Waals surface area contributed by atoms with E-state index in [0.717, 1.165) is 30.9 Å². The maximum atomic E-state index is 12.0. The number of hydrogen-bond acceptors (Lipinski definition) is 5. The summed E-state index contributed by atoms with van der Waals surface area (Å²) in [5, 5.41) is 2.97. The molecule has 1 aromatic carbocycles. The van der Waals surface area contributed by atoms with Crippen LogP contribution in [0.5, 0.6) is 5.75 Å². The van der Waals surface area contributed by atoms with E-state index >= 15 is 0 Å². The van der Waals surface area contributed by atoms with Gasteiger partial charge in [0.2, 0.25) is 11.8 Å². The highest BCUT2D eigenvalue weighted by Gasteiger charge is 2.25. The number of carbonyl (C=O) groups is 2. The third-order valence-electron chi connectivity index (χ3n) is 4.45. The third-order valence-corrected chi connectivity index (χ3v) is 5.40. The molecule has 24 heavy (non-hydrogen) atoms. The van der Waals surface area contributed by atoms with E-state index in [4.69, 9.17) is 4.74 Å². The first-order valence-corrected chi connectivity index (χ1v) is 9.32. The summed E-state index contributed by atoms with van der Waals surface area (Å²) < 4.78 is 5.27. The van der Waals surface area contributed by atoms with E-state index in [1.165, 1.54) is 0 Å². The third kappa shape index (κ3) is 4.14. The molecule has 0 radical (unpaired) electrons. The van der Waals surface area contributed by atoms with Gasteiger partial charge in [-0.1, -0.05) is 6.07 Å². The average Bonchev–Trinajstić information content (AvgIpc) is 3.23. The highest BCUT2D eigenvalue weighted by Crippen LogP contribution is 2.26. The number of methoxy groups -OCH3 is 1. The van der Waals surface area contributed by atoms with E-state index in [1.807, 2.05) is 18.2 Å². The molecular formula is C17H23N3O3S. The highest BCUT2D eigenvalue weighted by atomic mass is 32.2. The molecule has 1 N–H and O–H groups in total.